The first-order valence-corrected chi connectivity index (χ1v) is 9.24. The molecule has 23 heavy (non-hydrogen) atoms. The van der Waals surface area contributed by atoms with Crippen LogP contribution in [-0.4, -0.2) is 11.2 Å². The van der Waals surface area contributed by atoms with Crippen LogP contribution < -0.4 is 5.32 Å². The minimum absolute atomic E-state index is 0.0805. The van der Waals surface area contributed by atoms with Gasteiger partial charge in [-0.15, -0.1) is 11.8 Å². The van der Waals surface area contributed by atoms with Gasteiger partial charge >= 0.3 is 0 Å². The highest BCUT2D eigenvalue weighted by Crippen LogP contribution is 2.40. The third kappa shape index (κ3) is 4.38. The minimum Gasteiger partial charge on any atom is -0.325 e. The Kier molecular flexibility index (Phi) is 5.39. The van der Waals surface area contributed by atoms with Gasteiger partial charge in [0.05, 0.1) is 0 Å². The van der Waals surface area contributed by atoms with Crippen molar-refractivity contribution in [1.29, 1.82) is 0 Å². The Balaban J connectivity index is 1.76. The molecule has 1 unspecified atom stereocenters. The molecule has 1 saturated carbocycles. The van der Waals surface area contributed by atoms with E-state index in [1.165, 1.54) is 31.2 Å². The first kappa shape index (κ1) is 16.1. The highest BCUT2D eigenvalue weighted by Gasteiger charge is 2.27. The van der Waals surface area contributed by atoms with Crippen molar-refractivity contribution in [3.8, 4) is 0 Å². The number of anilines is 1. The Bertz CT molecular complexity index is 632. The molecule has 0 aromatic heterocycles. The lowest BCUT2D eigenvalue weighted by molar-refractivity contribution is -0.115. The Morgan fingerprint density at radius 1 is 1.04 bits per heavy atom. The van der Waals surface area contributed by atoms with Crippen molar-refractivity contribution in [2.24, 2.45) is 0 Å². The second-order valence-electron chi connectivity index (χ2n) is 6.19. The average molecular weight is 325 g/mol. The fourth-order valence-electron chi connectivity index (χ4n) is 2.98. The van der Waals surface area contributed by atoms with Crippen LogP contribution in [0.5, 0.6) is 0 Å². The summed E-state index contributed by atoms with van der Waals surface area (Å²) in [6, 6.07) is 18.1. The van der Waals surface area contributed by atoms with E-state index >= 15 is 0 Å². The van der Waals surface area contributed by atoms with Gasteiger partial charge in [-0.2, -0.15) is 0 Å². The molecule has 0 heterocycles. The fourth-order valence-corrected chi connectivity index (χ4v) is 4.47. The SMILES string of the molecule is Cc1ccc(NC(=O)C(SC2CCCC2)c2ccccc2)cc1. The Morgan fingerprint density at radius 3 is 2.35 bits per heavy atom. The van der Waals surface area contributed by atoms with Gasteiger partial charge in [0.2, 0.25) is 5.91 Å². The molecule has 1 atom stereocenters. The number of carbonyl (C=O) groups is 1. The second kappa shape index (κ2) is 7.69. The molecule has 1 N–H and O–H groups in total. The molecule has 3 heteroatoms. The van der Waals surface area contributed by atoms with Crippen molar-refractivity contribution in [3.63, 3.8) is 0 Å². The summed E-state index contributed by atoms with van der Waals surface area (Å²) in [4.78, 5) is 12.9. The summed E-state index contributed by atoms with van der Waals surface area (Å²) in [6.45, 7) is 2.05. The molecular weight excluding hydrogens is 302 g/mol. The first-order valence-electron chi connectivity index (χ1n) is 8.30. The number of hydrogen-bond acceptors (Lipinski definition) is 2. The summed E-state index contributed by atoms with van der Waals surface area (Å²) in [7, 11) is 0. The summed E-state index contributed by atoms with van der Waals surface area (Å²) in [5.74, 6) is 0.0805. The number of thioether (sulfide) groups is 1. The van der Waals surface area contributed by atoms with Gasteiger partial charge in [-0.05, 0) is 37.5 Å². The van der Waals surface area contributed by atoms with Crippen molar-refractivity contribution in [2.45, 2.75) is 43.1 Å². The Morgan fingerprint density at radius 2 is 1.70 bits per heavy atom. The molecule has 0 spiro atoms. The molecule has 0 bridgehead atoms. The highest BCUT2D eigenvalue weighted by atomic mass is 32.2. The maximum atomic E-state index is 12.9. The molecule has 0 radical (unpaired) electrons. The summed E-state index contributed by atoms with van der Waals surface area (Å²) in [6.07, 6.45) is 5.04. The number of benzene rings is 2. The number of aryl methyl sites for hydroxylation is 1. The van der Waals surface area contributed by atoms with Gasteiger partial charge < -0.3 is 5.32 Å². The maximum Gasteiger partial charge on any atom is 0.242 e. The first-order chi connectivity index (χ1) is 11.2. The molecule has 0 aliphatic heterocycles. The Hall–Kier alpha value is -1.74. The predicted octanol–water partition coefficient (Wildman–Crippen LogP) is 5.35. The summed E-state index contributed by atoms with van der Waals surface area (Å²) < 4.78 is 0. The smallest absolute Gasteiger partial charge is 0.242 e. The lowest BCUT2D eigenvalue weighted by Gasteiger charge is -2.20. The lowest BCUT2D eigenvalue weighted by Crippen LogP contribution is -2.20. The second-order valence-corrected chi connectivity index (χ2v) is 7.60. The third-order valence-corrected chi connectivity index (χ3v) is 5.91. The van der Waals surface area contributed by atoms with Gasteiger partial charge in [0, 0.05) is 10.9 Å². The van der Waals surface area contributed by atoms with Crippen molar-refractivity contribution in [3.05, 3.63) is 65.7 Å². The molecule has 120 valence electrons. The minimum atomic E-state index is -0.138. The van der Waals surface area contributed by atoms with E-state index in [-0.39, 0.29) is 11.2 Å². The molecule has 0 saturated heterocycles. The molecule has 1 aliphatic rings. The van der Waals surface area contributed by atoms with Gasteiger partial charge in [0.15, 0.2) is 0 Å². The fraction of sp³-hybridized carbons (Fsp3) is 0.350. The van der Waals surface area contributed by atoms with Gasteiger partial charge in [-0.3, -0.25) is 4.79 Å². The van der Waals surface area contributed by atoms with Crippen LogP contribution in [0.2, 0.25) is 0 Å². The summed E-state index contributed by atoms with van der Waals surface area (Å²) in [5, 5.41) is 3.54. The van der Waals surface area contributed by atoms with Crippen molar-refractivity contribution < 1.29 is 4.79 Å². The summed E-state index contributed by atoms with van der Waals surface area (Å²) >= 11 is 1.82. The summed E-state index contributed by atoms with van der Waals surface area (Å²) in [5.41, 5.74) is 3.16. The standard InChI is InChI=1S/C20H23NOS/c1-15-11-13-17(14-12-15)21-20(22)19(16-7-3-2-4-8-16)23-18-9-5-6-10-18/h2-4,7-8,11-14,18-19H,5-6,9-10H2,1H3,(H,21,22). The zero-order chi connectivity index (χ0) is 16.1. The van der Waals surface area contributed by atoms with Crippen LogP contribution in [0.1, 0.15) is 42.1 Å². The normalized spacial score (nSPS) is 16.2. The quantitative estimate of drug-likeness (QED) is 0.803. The van der Waals surface area contributed by atoms with E-state index in [1.807, 2.05) is 61.2 Å². The van der Waals surface area contributed by atoms with Crippen LogP contribution in [0.4, 0.5) is 5.69 Å². The molecule has 2 aromatic rings. The van der Waals surface area contributed by atoms with Crippen LogP contribution in [0, 0.1) is 6.92 Å². The zero-order valence-corrected chi connectivity index (χ0v) is 14.3. The molecule has 3 rings (SSSR count). The van der Waals surface area contributed by atoms with Gasteiger partial charge in [0.1, 0.15) is 5.25 Å². The topological polar surface area (TPSA) is 29.1 Å². The molecule has 2 aromatic carbocycles. The predicted molar refractivity (Wildman–Crippen MR) is 98.8 cm³/mol. The van der Waals surface area contributed by atoms with E-state index in [9.17, 15) is 4.79 Å². The van der Waals surface area contributed by atoms with E-state index in [2.05, 4.69) is 17.4 Å². The van der Waals surface area contributed by atoms with E-state index in [0.29, 0.717) is 5.25 Å². The monoisotopic (exact) mass is 325 g/mol. The number of amides is 1. The molecular formula is C20H23NOS. The number of nitrogens with one attached hydrogen (secondary N) is 1. The largest absolute Gasteiger partial charge is 0.325 e. The van der Waals surface area contributed by atoms with Crippen LogP contribution in [0.25, 0.3) is 0 Å². The van der Waals surface area contributed by atoms with Crippen molar-refractivity contribution >= 4 is 23.4 Å². The van der Waals surface area contributed by atoms with Crippen LogP contribution in [0.3, 0.4) is 0 Å². The van der Waals surface area contributed by atoms with Gasteiger partial charge in [-0.25, -0.2) is 0 Å². The van der Waals surface area contributed by atoms with E-state index in [1.54, 1.807) is 0 Å². The van der Waals surface area contributed by atoms with E-state index in [4.69, 9.17) is 0 Å². The van der Waals surface area contributed by atoms with Crippen LogP contribution in [-0.2, 0) is 4.79 Å². The van der Waals surface area contributed by atoms with Crippen molar-refractivity contribution in [2.75, 3.05) is 5.32 Å². The maximum absolute atomic E-state index is 12.9. The zero-order valence-electron chi connectivity index (χ0n) is 13.5. The number of rotatable bonds is 5. The third-order valence-electron chi connectivity index (χ3n) is 4.29. The number of carbonyl (C=O) groups excluding carboxylic acids is 1. The molecule has 1 amide bonds. The highest BCUT2D eigenvalue weighted by molar-refractivity contribution is 8.00. The lowest BCUT2D eigenvalue weighted by atomic mass is 10.1. The van der Waals surface area contributed by atoms with E-state index < -0.39 is 0 Å². The molecule has 1 aliphatic carbocycles. The van der Waals surface area contributed by atoms with E-state index in [0.717, 1.165) is 11.3 Å². The van der Waals surface area contributed by atoms with Crippen LogP contribution in [0.15, 0.2) is 54.6 Å². The van der Waals surface area contributed by atoms with Crippen molar-refractivity contribution in [1.82, 2.24) is 0 Å². The molecule has 2 nitrogen and oxygen atoms in total. The van der Waals surface area contributed by atoms with Crippen LogP contribution >= 0.6 is 11.8 Å². The average Bonchev–Trinajstić information content (AvgIpc) is 3.09. The van der Waals surface area contributed by atoms with Gasteiger partial charge in [0.25, 0.3) is 0 Å². The molecule has 1 fully saturated rings. The Labute approximate surface area is 142 Å². The van der Waals surface area contributed by atoms with Gasteiger partial charge in [-0.1, -0.05) is 60.9 Å². The number of hydrogen-bond donors (Lipinski definition) is 1.